The van der Waals surface area contributed by atoms with Gasteiger partial charge in [0.15, 0.2) is 0 Å². The smallest absolute Gasteiger partial charge is 0.255 e. The average molecular weight is 371 g/mol. The third kappa shape index (κ3) is 3.44. The van der Waals surface area contributed by atoms with Crippen LogP contribution in [0.5, 0.6) is 0 Å². The SMILES string of the molecule is CC1=C(C(=O)Nc2ccccc2C)C(/C=C/c2ccccc2)n2ncnc2N1. The van der Waals surface area contributed by atoms with Gasteiger partial charge in [0.2, 0.25) is 5.95 Å². The van der Waals surface area contributed by atoms with Gasteiger partial charge in [-0.1, -0.05) is 60.7 Å². The Labute approximate surface area is 163 Å². The molecule has 3 aromatic rings. The maximum atomic E-state index is 13.2. The molecule has 0 saturated carbocycles. The molecule has 1 atom stereocenters. The minimum absolute atomic E-state index is 0.164. The van der Waals surface area contributed by atoms with Crippen molar-refractivity contribution in [2.75, 3.05) is 10.6 Å². The molecule has 6 heteroatoms. The third-order valence-electron chi connectivity index (χ3n) is 4.74. The van der Waals surface area contributed by atoms with Crippen molar-refractivity contribution >= 4 is 23.6 Å². The first-order valence-electron chi connectivity index (χ1n) is 9.11. The molecule has 2 aromatic carbocycles. The number of aromatic nitrogens is 3. The summed E-state index contributed by atoms with van der Waals surface area (Å²) < 4.78 is 1.72. The van der Waals surface area contributed by atoms with Crippen LogP contribution in [-0.2, 0) is 4.79 Å². The second-order valence-corrected chi connectivity index (χ2v) is 6.68. The van der Waals surface area contributed by atoms with Gasteiger partial charge in [-0.25, -0.2) is 4.68 Å². The van der Waals surface area contributed by atoms with E-state index >= 15 is 0 Å². The monoisotopic (exact) mass is 371 g/mol. The normalized spacial score (nSPS) is 16.0. The van der Waals surface area contributed by atoms with Crippen LogP contribution in [-0.4, -0.2) is 20.7 Å². The summed E-state index contributed by atoms with van der Waals surface area (Å²) in [4.78, 5) is 17.4. The minimum Gasteiger partial charge on any atom is -0.328 e. The van der Waals surface area contributed by atoms with Crippen LogP contribution < -0.4 is 10.6 Å². The molecule has 1 amide bonds. The number of carbonyl (C=O) groups is 1. The maximum Gasteiger partial charge on any atom is 0.255 e. The highest BCUT2D eigenvalue weighted by Crippen LogP contribution is 2.31. The molecule has 28 heavy (non-hydrogen) atoms. The molecule has 0 fully saturated rings. The van der Waals surface area contributed by atoms with E-state index in [9.17, 15) is 4.79 Å². The first-order valence-corrected chi connectivity index (χ1v) is 9.11. The van der Waals surface area contributed by atoms with E-state index in [1.807, 2.05) is 80.6 Å². The van der Waals surface area contributed by atoms with Crippen molar-refractivity contribution in [3.05, 3.63) is 89.4 Å². The van der Waals surface area contributed by atoms with Crippen molar-refractivity contribution in [1.29, 1.82) is 0 Å². The number of rotatable bonds is 4. The quantitative estimate of drug-likeness (QED) is 0.722. The van der Waals surface area contributed by atoms with E-state index in [1.165, 1.54) is 6.33 Å². The molecule has 4 rings (SSSR count). The average Bonchev–Trinajstić information content (AvgIpc) is 3.16. The molecule has 0 spiro atoms. The molecule has 0 saturated heterocycles. The standard InChI is InChI=1S/C22H21N5O/c1-15-8-6-7-11-18(15)26-21(28)20-16(2)25-22-23-14-24-27(22)19(20)13-12-17-9-4-3-5-10-17/h3-14,19H,1-2H3,(H,26,28)(H,23,24,25)/b13-12+. The van der Waals surface area contributed by atoms with Crippen LogP contribution in [0.4, 0.5) is 11.6 Å². The maximum absolute atomic E-state index is 13.2. The van der Waals surface area contributed by atoms with Gasteiger partial charge in [-0.15, -0.1) is 0 Å². The van der Waals surface area contributed by atoms with Crippen molar-refractivity contribution in [2.45, 2.75) is 19.9 Å². The molecule has 140 valence electrons. The number of aryl methyl sites for hydroxylation is 1. The number of hydrogen-bond donors (Lipinski definition) is 2. The molecule has 2 heterocycles. The lowest BCUT2D eigenvalue weighted by molar-refractivity contribution is -0.113. The van der Waals surface area contributed by atoms with Crippen molar-refractivity contribution in [1.82, 2.24) is 14.8 Å². The first kappa shape index (κ1) is 17.7. The van der Waals surface area contributed by atoms with Crippen molar-refractivity contribution in [3.63, 3.8) is 0 Å². The van der Waals surface area contributed by atoms with Crippen LogP contribution in [0.2, 0.25) is 0 Å². The van der Waals surface area contributed by atoms with Gasteiger partial charge in [-0.2, -0.15) is 10.1 Å². The Kier molecular flexibility index (Phi) is 4.76. The lowest BCUT2D eigenvalue weighted by Gasteiger charge is -2.26. The zero-order valence-corrected chi connectivity index (χ0v) is 15.8. The van der Waals surface area contributed by atoms with Crippen LogP contribution in [0, 0.1) is 6.92 Å². The number of benzene rings is 2. The number of anilines is 2. The summed E-state index contributed by atoms with van der Waals surface area (Å²) >= 11 is 0. The van der Waals surface area contributed by atoms with Crippen molar-refractivity contribution in [3.8, 4) is 0 Å². The number of para-hydroxylation sites is 1. The van der Waals surface area contributed by atoms with Gasteiger partial charge in [0, 0.05) is 11.4 Å². The van der Waals surface area contributed by atoms with E-state index in [4.69, 9.17) is 0 Å². The van der Waals surface area contributed by atoms with Gasteiger partial charge in [0.1, 0.15) is 12.4 Å². The van der Waals surface area contributed by atoms with Crippen LogP contribution in [0.25, 0.3) is 6.08 Å². The summed E-state index contributed by atoms with van der Waals surface area (Å²) in [6.07, 6.45) is 5.46. The fourth-order valence-electron chi connectivity index (χ4n) is 3.27. The molecule has 1 aliphatic rings. The Morgan fingerprint density at radius 1 is 1.11 bits per heavy atom. The largest absolute Gasteiger partial charge is 0.328 e. The zero-order chi connectivity index (χ0) is 19.5. The number of carbonyl (C=O) groups excluding carboxylic acids is 1. The second kappa shape index (κ2) is 7.52. The summed E-state index contributed by atoms with van der Waals surface area (Å²) in [5.41, 5.74) is 4.22. The van der Waals surface area contributed by atoms with E-state index in [-0.39, 0.29) is 11.9 Å². The topological polar surface area (TPSA) is 71.8 Å². The van der Waals surface area contributed by atoms with E-state index in [2.05, 4.69) is 20.7 Å². The molecule has 6 nitrogen and oxygen atoms in total. The van der Waals surface area contributed by atoms with Gasteiger partial charge in [0.05, 0.1) is 5.57 Å². The Hall–Kier alpha value is -3.67. The third-order valence-corrected chi connectivity index (χ3v) is 4.74. The summed E-state index contributed by atoms with van der Waals surface area (Å²) in [5.74, 6) is 0.454. The van der Waals surface area contributed by atoms with Gasteiger partial charge in [-0.05, 0) is 31.0 Å². The molecule has 1 aromatic heterocycles. The molecule has 1 unspecified atom stereocenters. The predicted molar refractivity (Wildman–Crippen MR) is 111 cm³/mol. The molecule has 0 bridgehead atoms. The van der Waals surface area contributed by atoms with Gasteiger partial charge < -0.3 is 10.6 Å². The lowest BCUT2D eigenvalue weighted by atomic mass is 10.0. The number of nitrogens with zero attached hydrogens (tertiary/aromatic N) is 3. The van der Waals surface area contributed by atoms with Gasteiger partial charge >= 0.3 is 0 Å². The Morgan fingerprint density at radius 3 is 2.64 bits per heavy atom. The summed E-state index contributed by atoms with van der Waals surface area (Å²) in [7, 11) is 0. The zero-order valence-electron chi connectivity index (χ0n) is 15.8. The highest BCUT2D eigenvalue weighted by atomic mass is 16.1. The molecule has 0 radical (unpaired) electrons. The van der Waals surface area contributed by atoms with Gasteiger partial charge in [0.25, 0.3) is 5.91 Å². The van der Waals surface area contributed by atoms with Crippen LogP contribution in [0.3, 0.4) is 0 Å². The minimum atomic E-state index is -0.358. The molecular weight excluding hydrogens is 350 g/mol. The Balaban J connectivity index is 1.69. The Bertz CT molecular complexity index is 1070. The fourth-order valence-corrected chi connectivity index (χ4v) is 3.27. The van der Waals surface area contributed by atoms with Crippen molar-refractivity contribution in [2.24, 2.45) is 0 Å². The van der Waals surface area contributed by atoms with E-state index in [1.54, 1.807) is 4.68 Å². The molecule has 0 aliphatic carbocycles. The highest BCUT2D eigenvalue weighted by molar-refractivity contribution is 6.06. The van der Waals surface area contributed by atoms with E-state index < -0.39 is 0 Å². The highest BCUT2D eigenvalue weighted by Gasteiger charge is 2.30. The van der Waals surface area contributed by atoms with Gasteiger partial charge in [-0.3, -0.25) is 4.79 Å². The van der Waals surface area contributed by atoms with Crippen molar-refractivity contribution < 1.29 is 4.79 Å². The van der Waals surface area contributed by atoms with E-state index in [0.717, 1.165) is 22.5 Å². The Morgan fingerprint density at radius 2 is 1.86 bits per heavy atom. The molecular formula is C22H21N5O. The number of nitrogens with one attached hydrogen (secondary N) is 2. The number of hydrogen-bond acceptors (Lipinski definition) is 4. The van der Waals surface area contributed by atoms with Crippen LogP contribution in [0.15, 0.2) is 78.3 Å². The molecule has 1 aliphatic heterocycles. The first-order chi connectivity index (χ1) is 13.6. The van der Waals surface area contributed by atoms with Crippen LogP contribution >= 0.6 is 0 Å². The second-order valence-electron chi connectivity index (χ2n) is 6.68. The number of fused-ring (bicyclic) bond motifs is 1. The summed E-state index contributed by atoms with van der Waals surface area (Å²) in [6, 6.07) is 17.3. The summed E-state index contributed by atoms with van der Waals surface area (Å²) in [6.45, 7) is 3.85. The fraction of sp³-hybridized carbons (Fsp3) is 0.136. The predicted octanol–water partition coefficient (Wildman–Crippen LogP) is 4.18. The number of allylic oxidation sites excluding steroid dienone is 2. The summed E-state index contributed by atoms with van der Waals surface area (Å²) in [5, 5.41) is 10.5. The lowest BCUT2D eigenvalue weighted by Crippen LogP contribution is -2.30. The van der Waals surface area contributed by atoms with E-state index in [0.29, 0.717) is 11.5 Å². The molecule has 2 N–H and O–H groups in total. The van der Waals surface area contributed by atoms with Crippen LogP contribution in [0.1, 0.15) is 24.1 Å². The number of amides is 1.